The normalized spacial score (nSPS) is 21.9. The van der Waals surface area contributed by atoms with Gasteiger partial charge in [-0.25, -0.2) is 9.78 Å². The molecule has 0 unspecified atom stereocenters. The minimum absolute atomic E-state index is 0.215. The second-order valence-electron chi connectivity index (χ2n) is 4.49. The SMILES string of the molecule is NC(=O)[C@H]1CCC[C@@H]1NC(=O)Nc1cccnc1Cl. The van der Waals surface area contributed by atoms with Gasteiger partial charge in [0.05, 0.1) is 11.6 Å². The van der Waals surface area contributed by atoms with E-state index in [-0.39, 0.29) is 23.0 Å². The molecule has 1 heterocycles. The Morgan fingerprint density at radius 1 is 1.42 bits per heavy atom. The Kier molecular flexibility index (Phi) is 4.21. The summed E-state index contributed by atoms with van der Waals surface area (Å²) in [6.45, 7) is 0. The summed E-state index contributed by atoms with van der Waals surface area (Å²) in [6.07, 6.45) is 3.88. The largest absolute Gasteiger partial charge is 0.369 e. The van der Waals surface area contributed by atoms with Crippen molar-refractivity contribution in [3.05, 3.63) is 23.5 Å². The molecule has 0 aliphatic heterocycles. The van der Waals surface area contributed by atoms with E-state index in [0.29, 0.717) is 12.1 Å². The van der Waals surface area contributed by atoms with E-state index in [0.717, 1.165) is 12.8 Å². The van der Waals surface area contributed by atoms with Crippen LogP contribution in [0, 0.1) is 5.92 Å². The lowest BCUT2D eigenvalue weighted by Gasteiger charge is -2.18. The second kappa shape index (κ2) is 5.88. The van der Waals surface area contributed by atoms with Crippen molar-refractivity contribution in [2.24, 2.45) is 11.7 Å². The fourth-order valence-corrected chi connectivity index (χ4v) is 2.45. The molecular formula is C12H15ClN4O2. The van der Waals surface area contributed by atoms with Crippen LogP contribution in [0.5, 0.6) is 0 Å². The maximum absolute atomic E-state index is 11.8. The third-order valence-corrected chi connectivity index (χ3v) is 3.51. The van der Waals surface area contributed by atoms with Gasteiger partial charge in [-0.1, -0.05) is 18.0 Å². The molecule has 2 rings (SSSR count). The van der Waals surface area contributed by atoms with Gasteiger partial charge in [0.25, 0.3) is 0 Å². The number of nitrogens with zero attached hydrogens (tertiary/aromatic N) is 1. The lowest BCUT2D eigenvalue weighted by molar-refractivity contribution is -0.122. The zero-order chi connectivity index (χ0) is 13.8. The fraction of sp³-hybridized carbons (Fsp3) is 0.417. The molecule has 0 spiro atoms. The van der Waals surface area contributed by atoms with Crippen molar-refractivity contribution in [1.82, 2.24) is 10.3 Å². The third-order valence-electron chi connectivity index (χ3n) is 3.21. The van der Waals surface area contributed by atoms with Crippen LogP contribution in [0.15, 0.2) is 18.3 Å². The summed E-state index contributed by atoms with van der Waals surface area (Å²) >= 11 is 5.84. The molecule has 4 N–H and O–H groups in total. The molecule has 0 aromatic carbocycles. The molecule has 1 aliphatic rings. The number of anilines is 1. The first-order valence-electron chi connectivity index (χ1n) is 6.05. The van der Waals surface area contributed by atoms with Crippen LogP contribution in [0.2, 0.25) is 5.15 Å². The van der Waals surface area contributed by atoms with Gasteiger partial charge < -0.3 is 16.4 Å². The Balaban J connectivity index is 1.95. The molecule has 19 heavy (non-hydrogen) atoms. The summed E-state index contributed by atoms with van der Waals surface area (Å²) in [4.78, 5) is 26.9. The summed E-state index contributed by atoms with van der Waals surface area (Å²) in [6, 6.07) is 2.69. The third kappa shape index (κ3) is 3.35. The highest BCUT2D eigenvalue weighted by molar-refractivity contribution is 6.32. The van der Waals surface area contributed by atoms with E-state index in [4.69, 9.17) is 17.3 Å². The van der Waals surface area contributed by atoms with Crippen molar-refractivity contribution in [1.29, 1.82) is 0 Å². The number of rotatable bonds is 3. The molecule has 6 nitrogen and oxygen atoms in total. The molecule has 1 aromatic rings. The van der Waals surface area contributed by atoms with E-state index in [1.165, 1.54) is 6.20 Å². The minimum atomic E-state index is -0.409. The molecule has 1 saturated carbocycles. The molecular weight excluding hydrogens is 268 g/mol. The maximum Gasteiger partial charge on any atom is 0.319 e. The quantitative estimate of drug-likeness (QED) is 0.733. The van der Waals surface area contributed by atoms with Crippen LogP contribution < -0.4 is 16.4 Å². The number of halogens is 1. The summed E-state index contributed by atoms with van der Waals surface area (Å²) < 4.78 is 0. The Bertz CT molecular complexity index is 494. The predicted molar refractivity (Wildman–Crippen MR) is 71.7 cm³/mol. The average molecular weight is 283 g/mol. The number of urea groups is 1. The van der Waals surface area contributed by atoms with Gasteiger partial charge in [0.1, 0.15) is 0 Å². The van der Waals surface area contributed by atoms with E-state index in [2.05, 4.69) is 15.6 Å². The first kappa shape index (κ1) is 13.6. The summed E-state index contributed by atoms with van der Waals surface area (Å²) in [5.74, 6) is -0.669. The van der Waals surface area contributed by atoms with Crippen LogP contribution in [0.1, 0.15) is 19.3 Å². The minimum Gasteiger partial charge on any atom is -0.369 e. The Morgan fingerprint density at radius 3 is 2.89 bits per heavy atom. The molecule has 1 fully saturated rings. The monoisotopic (exact) mass is 282 g/mol. The molecule has 3 amide bonds. The zero-order valence-corrected chi connectivity index (χ0v) is 11.0. The second-order valence-corrected chi connectivity index (χ2v) is 4.84. The van der Waals surface area contributed by atoms with Gasteiger partial charge in [-0.05, 0) is 25.0 Å². The number of nitrogens with two attached hydrogens (primary N) is 1. The number of hydrogen-bond donors (Lipinski definition) is 3. The van der Waals surface area contributed by atoms with E-state index in [9.17, 15) is 9.59 Å². The summed E-state index contributed by atoms with van der Waals surface area (Å²) in [5.41, 5.74) is 5.72. The lowest BCUT2D eigenvalue weighted by atomic mass is 10.0. The summed E-state index contributed by atoms with van der Waals surface area (Å²) in [5, 5.41) is 5.57. The molecule has 0 saturated heterocycles. The van der Waals surface area contributed by atoms with Crippen molar-refractivity contribution in [3.8, 4) is 0 Å². The first-order chi connectivity index (χ1) is 9.08. The Morgan fingerprint density at radius 2 is 2.21 bits per heavy atom. The molecule has 1 aromatic heterocycles. The number of pyridine rings is 1. The van der Waals surface area contributed by atoms with E-state index < -0.39 is 6.03 Å². The molecule has 0 bridgehead atoms. The standard InChI is InChI=1S/C12H15ClN4O2/c13-10-9(5-2-6-15-10)17-12(19)16-8-4-1-3-7(8)11(14)18/h2,5-8H,1,3-4H2,(H2,14,18)(H2,16,17,19)/t7-,8-/m0/s1. The van der Waals surface area contributed by atoms with E-state index >= 15 is 0 Å². The van der Waals surface area contributed by atoms with Crippen LogP contribution in [0.4, 0.5) is 10.5 Å². The van der Waals surface area contributed by atoms with Gasteiger partial charge in [0, 0.05) is 12.2 Å². The van der Waals surface area contributed by atoms with Crippen molar-refractivity contribution in [3.63, 3.8) is 0 Å². The molecule has 0 radical (unpaired) electrons. The number of aromatic nitrogens is 1. The van der Waals surface area contributed by atoms with E-state index in [1.807, 2.05) is 0 Å². The van der Waals surface area contributed by atoms with Crippen molar-refractivity contribution in [2.75, 3.05) is 5.32 Å². The fourth-order valence-electron chi connectivity index (χ4n) is 2.28. The van der Waals surface area contributed by atoms with Crippen LogP contribution in [0.3, 0.4) is 0 Å². The van der Waals surface area contributed by atoms with Crippen molar-refractivity contribution in [2.45, 2.75) is 25.3 Å². The van der Waals surface area contributed by atoms with E-state index in [1.54, 1.807) is 12.1 Å². The Labute approximate surface area is 115 Å². The smallest absolute Gasteiger partial charge is 0.319 e. The van der Waals surface area contributed by atoms with Crippen LogP contribution >= 0.6 is 11.6 Å². The first-order valence-corrected chi connectivity index (χ1v) is 6.43. The van der Waals surface area contributed by atoms with Crippen LogP contribution in [-0.2, 0) is 4.79 Å². The van der Waals surface area contributed by atoms with Gasteiger partial charge in [-0.2, -0.15) is 0 Å². The number of hydrogen-bond acceptors (Lipinski definition) is 3. The highest BCUT2D eigenvalue weighted by Crippen LogP contribution is 2.25. The van der Waals surface area contributed by atoms with Gasteiger partial charge in [0.2, 0.25) is 5.91 Å². The van der Waals surface area contributed by atoms with Gasteiger partial charge in [-0.15, -0.1) is 0 Å². The van der Waals surface area contributed by atoms with Gasteiger partial charge in [0.15, 0.2) is 5.15 Å². The number of nitrogens with one attached hydrogen (secondary N) is 2. The van der Waals surface area contributed by atoms with Gasteiger partial charge >= 0.3 is 6.03 Å². The molecule has 1 aliphatic carbocycles. The van der Waals surface area contributed by atoms with Crippen LogP contribution in [0.25, 0.3) is 0 Å². The molecule has 7 heteroatoms. The highest BCUT2D eigenvalue weighted by atomic mass is 35.5. The number of carbonyl (C=O) groups is 2. The maximum atomic E-state index is 11.8. The highest BCUT2D eigenvalue weighted by Gasteiger charge is 2.32. The average Bonchev–Trinajstić information content (AvgIpc) is 2.80. The Hall–Kier alpha value is -1.82. The van der Waals surface area contributed by atoms with Crippen molar-refractivity contribution < 1.29 is 9.59 Å². The number of amides is 3. The topological polar surface area (TPSA) is 97.1 Å². The lowest BCUT2D eigenvalue weighted by Crippen LogP contribution is -2.44. The number of primary amides is 1. The zero-order valence-electron chi connectivity index (χ0n) is 10.2. The molecule has 102 valence electrons. The number of carbonyl (C=O) groups excluding carboxylic acids is 2. The summed E-state index contributed by atoms with van der Waals surface area (Å²) in [7, 11) is 0. The van der Waals surface area contributed by atoms with Crippen LogP contribution in [-0.4, -0.2) is 23.0 Å². The van der Waals surface area contributed by atoms with Gasteiger partial charge in [-0.3, -0.25) is 4.79 Å². The predicted octanol–water partition coefficient (Wildman–Crippen LogP) is 1.51. The molecule has 2 atom stereocenters. The van der Waals surface area contributed by atoms with Crippen molar-refractivity contribution >= 4 is 29.2 Å².